The number of sulfonamides is 1. The molecule has 0 aliphatic heterocycles. The number of para-hydroxylation sites is 1. The van der Waals surface area contributed by atoms with Gasteiger partial charge in [-0.2, -0.15) is 8.42 Å². The van der Waals surface area contributed by atoms with Crippen LogP contribution in [-0.4, -0.2) is 26.7 Å². The Morgan fingerprint density at radius 1 is 1.22 bits per heavy atom. The van der Waals surface area contributed by atoms with Crippen LogP contribution < -0.4 is 4.80 Å². The average molecular weight is 389 g/mol. The quantitative estimate of drug-likeness (QED) is 0.673. The first-order valence-electron chi connectivity index (χ1n) is 6.65. The van der Waals surface area contributed by atoms with E-state index in [1.807, 2.05) is 28.8 Å². The number of hydrogen-bond donors (Lipinski definition) is 0. The summed E-state index contributed by atoms with van der Waals surface area (Å²) in [5.74, 6) is 0. The zero-order valence-electron chi connectivity index (χ0n) is 12.1. The number of rotatable bonds is 5. The minimum absolute atomic E-state index is 0.137. The van der Waals surface area contributed by atoms with Crippen LogP contribution in [0.4, 0.5) is 0 Å². The van der Waals surface area contributed by atoms with Gasteiger partial charge in [0.05, 0.1) is 21.2 Å². The van der Waals surface area contributed by atoms with Gasteiger partial charge in [0, 0.05) is 13.7 Å². The van der Waals surface area contributed by atoms with Crippen molar-refractivity contribution in [2.24, 2.45) is 4.40 Å². The van der Waals surface area contributed by atoms with Crippen LogP contribution in [0.2, 0.25) is 4.34 Å². The summed E-state index contributed by atoms with van der Waals surface area (Å²) >= 11 is 8.16. The van der Waals surface area contributed by atoms with Gasteiger partial charge in [0.2, 0.25) is 4.80 Å². The highest BCUT2D eigenvalue weighted by Crippen LogP contribution is 2.27. The fraction of sp³-hybridized carbons (Fsp3) is 0.214. The van der Waals surface area contributed by atoms with Crippen LogP contribution in [0, 0.1) is 0 Å². The summed E-state index contributed by atoms with van der Waals surface area (Å²) < 4.78 is 37.4. The van der Waals surface area contributed by atoms with E-state index in [-0.39, 0.29) is 4.21 Å². The second-order valence-corrected chi connectivity index (χ2v) is 9.18. The van der Waals surface area contributed by atoms with Gasteiger partial charge in [-0.25, -0.2) is 0 Å². The Bertz CT molecular complexity index is 1000. The lowest BCUT2D eigenvalue weighted by Gasteiger charge is -2.03. The molecule has 0 atom stereocenters. The molecular weight excluding hydrogens is 376 g/mol. The SMILES string of the molecule is COCCn1c(=NS(=O)(=O)c2ccc(Cl)s2)sc2ccccc21. The lowest BCUT2D eigenvalue weighted by molar-refractivity contribution is 0.187. The lowest BCUT2D eigenvalue weighted by Crippen LogP contribution is -2.19. The molecule has 2 heterocycles. The van der Waals surface area contributed by atoms with Crippen molar-refractivity contribution < 1.29 is 13.2 Å². The number of thiophene rings is 1. The minimum Gasteiger partial charge on any atom is -0.383 e. The Balaban J connectivity index is 2.18. The normalized spacial score (nSPS) is 13.0. The van der Waals surface area contributed by atoms with Gasteiger partial charge in [0.25, 0.3) is 10.0 Å². The van der Waals surface area contributed by atoms with Crippen LogP contribution in [0.25, 0.3) is 10.2 Å². The fourth-order valence-electron chi connectivity index (χ4n) is 2.07. The molecule has 0 unspecified atom stereocenters. The summed E-state index contributed by atoms with van der Waals surface area (Å²) in [5, 5.41) is 0. The van der Waals surface area contributed by atoms with Gasteiger partial charge in [-0.1, -0.05) is 35.1 Å². The Hall–Kier alpha value is -1.19. The second kappa shape index (κ2) is 6.74. The fourth-order valence-corrected chi connectivity index (χ4v) is 5.79. The molecule has 0 saturated carbocycles. The zero-order chi connectivity index (χ0) is 16.4. The van der Waals surface area contributed by atoms with Crippen molar-refractivity contribution in [3.8, 4) is 0 Å². The molecule has 122 valence electrons. The van der Waals surface area contributed by atoms with Crippen LogP contribution in [0.5, 0.6) is 0 Å². The standard InChI is InChI=1S/C14H13ClN2O3S3/c1-20-9-8-17-10-4-2-3-5-11(10)21-14(17)16-23(18,19)13-7-6-12(15)22-13/h2-7H,8-9H2,1H3. The molecule has 0 amide bonds. The smallest absolute Gasteiger partial charge is 0.294 e. The minimum atomic E-state index is -3.78. The molecule has 0 fully saturated rings. The number of aromatic nitrogens is 1. The van der Waals surface area contributed by atoms with Crippen LogP contribution in [0.1, 0.15) is 0 Å². The van der Waals surface area contributed by atoms with E-state index < -0.39 is 10.0 Å². The van der Waals surface area contributed by atoms with Gasteiger partial charge in [0.15, 0.2) is 0 Å². The first kappa shape index (κ1) is 16.7. The highest BCUT2D eigenvalue weighted by atomic mass is 35.5. The topological polar surface area (TPSA) is 60.7 Å². The highest BCUT2D eigenvalue weighted by Gasteiger charge is 2.17. The molecule has 2 aromatic heterocycles. The van der Waals surface area contributed by atoms with E-state index in [0.717, 1.165) is 21.6 Å². The van der Waals surface area contributed by atoms with Gasteiger partial charge >= 0.3 is 0 Å². The van der Waals surface area contributed by atoms with Crippen molar-refractivity contribution in [3.05, 3.63) is 45.5 Å². The average Bonchev–Trinajstić information content (AvgIpc) is 3.09. The predicted octanol–water partition coefficient (Wildman–Crippen LogP) is 3.35. The molecule has 3 aromatic rings. The van der Waals surface area contributed by atoms with Gasteiger partial charge < -0.3 is 9.30 Å². The third kappa shape index (κ3) is 3.51. The van der Waals surface area contributed by atoms with E-state index in [0.29, 0.717) is 22.3 Å². The number of thiazole rings is 1. The van der Waals surface area contributed by atoms with Crippen LogP contribution in [0.3, 0.4) is 0 Å². The van der Waals surface area contributed by atoms with E-state index in [1.165, 1.54) is 17.4 Å². The molecule has 0 saturated heterocycles. The van der Waals surface area contributed by atoms with Crippen LogP contribution >= 0.6 is 34.3 Å². The number of nitrogens with zero attached hydrogens (tertiary/aromatic N) is 2. The summed E-state index contributed by atoms with van der Waals surface area (Å²) in [6, 6.07) is 10.7. The van der Waals surface area contributed by atoms with Gasteiger partial charge in [-0.3, -0.25) is 0 Å². The summed E-state index contributed by atoms with van der Waals surface area (Å²) in [6.07, 6.45) is 0. The molecule has 23 heavy (non-hydrogen) atoms. The van der Waals surface area contributed by atoms with Crippen molar-refractivity contribution in [1.82, 2.24) is 4.57 Å². The van der Waals surface area contributed by atoms with Crippen molar-refractivity contribution in [2.75, 3.05) is 13.7 Å². The number of benzene rings is 1. The number of hydrogen-bond acceptors (Lipinski definition) is 5. The Morgan fingerprint density at radius 3 is 2.70 bits per heavy atom. The van der Waals surface area contributed by atoms with Crippen molar-refractivity contribution in [2.45, 2.75) is 10.8 Å². The predicted molar refractivity (Wildman–Crippen MR) is 93.8 cm³/mol. The number of ether oxygens (including phenoxy) is 1. The Morgan fingerprint density at radius 2 is 2.00 bits per heavy atom. The molecule has 0 radical (unpaired) electrons. The first-order valence-corrected chi connectivity index (χ1v) is 10.1. The molecule has 3 rings (SSSR count). The Kier molecular flexibility index (Phi) is 4.88. The third-order valence-corrected chi connectivity index (χ3v) is 7.25. The first-order chi connectivity index (χ1) is 11.0. The summed E-state index contributed by atoms with van der Waals surface area (Å²) in [4.78, 5) is 0.424. The summed E-state index contributed by atoms with van der Waals surface area (Å²) in [6.45, 7) is 0.999. The maximum Gasteiger partial charge on any atom is 0.294 e. The monoisotopic (exact) mass is 388 g/mol. The van der Waals surface area contributed by atoms with Crippen molar-refractivity contribution in [3.63, 3.8) is 0 Å². The molecule has 0 bridgehead atoms. The molecule has 0 spiro atoms. The largest absolute Gasteiger partial charge is 0.383 e. The zero-order valence-corrected chi connectivity index (χ0v) is 15.3. The molecular formula is C14H13ClN2O3S3. The second-order valence-electron chi connectivity index (χ2n) is 4.62. The van der Waals surface area contributed by atoms with Gasteiger partial charge in [-0.05, 0) is 24.3 Å². The lowest BCUT2D eigenvalue weighted by atomic mass is 10.3. The maximum absolute atomic E-state index is 12.5. The Labute approximate surface area is 146 Å². The number of fused-ring (bicyclic) bond motifs is 1. The van der Waals surface area contributed by atoms with E-state index in [4.69, 9.17) is 16.3 Å². The molecule has 0 N–H and O–H groups in total. The number of methoxy groups -OCH3 is 1. The van der Waals surface area contributed by atoms with Crippen LogP contribution in [0.15, 0.2) is 45.0 Å². The molecule has 1 aromatic carbocycles. The molecule has 9 heteroatoms. The summed E-state index contributed by atoms with van der Waals surface area (Å²) in [5.41, 5.74) is 0.938. The summed E-state index contributed by atoms with van der Waals surface area (Å²) in [7, 11) is -2.17. The van der Waals surface area contributed by atoms with Crippen LogP contribution in [-0.2, 0) is 21.3 Å². The van der Waals surface area contributed by atoms with E-state index in [9.17, 15) is 8.42 Å². The van der Waals surface area contributed by atoms with Crippen molar-refractivity contribution in [1.29, 1.82) is 0 Å². The maximum atomic E-state index is 12.5. The van der Waals surface area contributed by atoms with Gasteiger partial charge in [0.1, 0.15) is 4.21 Å². The molecule has 0 aliphatic rings. The van der Waals surface area contributed by atoms with E-state index >= 15 is 0 Å². The molecule has 0 aliphatic carbocycles. The third-order valence-electron chi connectivity index (χ3n) is 3.11. The molecule has 5 nitrogen and oxygen atoms in total. The van der Waals surface area contributed by atoms with Crippen molar-refractivity contribution >= 4 is 54.5 Å². The van der Waals surface area contributed by atoms with E-state index in [1.54, 1.807) is 13.2 Å². The van der Waals surface area contributed by atoms with Gasteiger partial charge in [-0.15, -0.1) is 15.7 Å². The van der Waals surface area contributed by atoms with E-state index in [2.05, 4.69) is 4.40 Å². The number of halogens is 1. The highest BCUT2D eigenvalue weighted by molar-refractivity contribution is 7.92.